The van der Waals surface area contributed by atoms with Crippen molar-refractivity contribution < 1.29 is 0 Å². The van der Waals surface area contributed by atoms with Crippen LogP contribution < -0.4 is 4.90 Å². The normalized spacial score (nSPS) is 12.6. The van der Waals surface area contributed by atoms with E-state index in [4.69, 9.17) is 11.6 Å². The first-order valence-electron chi connectivity index (χ1n) is 4.48. The van der Waals surface area contributed by atoms with Crippen LogP contribution >= 0.6 is 27.5 Å². The molecule has 1 heterocycles. The Kier molecular flexibility index (Phi) is 4.20. The summed E-state index contributed by atoms with van der Waals surface area (Å²) in [5.41, 5.74) is 1.15. The minimum absolute atomic E-state index is 0.129. The molecule has 0 aliphatic rings. The van der Waals surface area contributed by atoms with Crippen LogP contribution in [-0.4, -0.2) is 24.0 Å². The topological polar surface area (TPSA) is 16.1 Å². The molecule has 0 amide bonds. The van der Waals surface area contributed by atoms with Gasteiger partial charge in [0.1, 0.15) is 5.82 Å². The van der Waals surface area contributed by atoms with Crippen LogP contribution in [0.2, 0.25) is 0 Å². The maximum atomic E-state index is 5.93. The predicted molar refractivity (Wildman–Crippen MR) is 65.3 cm³/mol. The first-order valence-corrected chi connectivity index (χ1v) is 5.71. The lowest BCUT2D eigenvalue weighted by Gasteiger charge is -2.21. The van der Waals surface area contributed by atoms with Crippen molar-refractivity contribution in [3.8, 4) is 0 Å². The van der Waals surface area contributed by atoms with Gasteiger partial charge in [0.25, 0.3) is 0 Å². The number of nitrogens with zero attached hydrogens (tertiary/aromatic N) is 2. The number of halogens is 2. The van der Waals surface area contributed by atoms with Gasteiger partial charge in [0.05, 0.1) is 0 Å². The average Bonchev–Trinajstić information content (AvgIpc) is 2.01. The molecule has 0 bridgehead atoms. The van der Waals surface area contributed by atoms with Crippen LogP contribution in [-0.2, 0) is 0 Å². The van der Waals surface area contributed by atoms with Crippen LogP contribution in [0.1, 0.15) is 12.5 Å². The highest BCUT2D eigenvalue weighted by Crippen LogP contribution is 2.20. The molecule has 0 fully saturated rings. The first kappa shape index (κ1) is 11.8. The molecule has 1 rings (SSSR count). The van der Waals surface area contributed by atoms with Crippen molar-refractivity contribution in [1.82, 2.24) is 4.98 Å². The van der Waals surface area contributed by atoms with Gasteiger partial charge in [0, 0.05) is 29.6 Å². The fourth-order valence-electron chi connectivity index (χ4n) is 1.40. The van der Waals surface area contributed by atoms with Crippen molar-refractivity contribution in [2.45, 2.75) is 19.2 Å². The van der Waals surface area contributed by atoms with Gasteiger partial charge in [-0.3, -0.25) is 0 Å². The average molecular weight is 278 g/mol. The standard InChI is InChI=1S/C10H14BrClN2/c1-7-4-9(11)5-13-10(7)14(3)6-8(2)12/h4-5,8H,6H2,1-3H3. The summed E-state index contributed by atoms with van der Waals surface area (Å²) in [5.74, 6) is 0.987. The zero-order valence-electron chi connectivity index (χ0n) is 8.59. The lowest BCUT2D eigenvalue weighted by molar-refractivity contribution is 0.839. The zero-order chi connectivity index (χ0) is 10.7. The fourth-order valence-corrected chi connectivity index (χ4v) is 2.05. The third-order valence-electron chi connectivity index (χ3n) is 1.90. The van der Waals surface area contributed by atoms with Crippen LogP contribution in [0, 0.1) is 6.92 Å². The van der Waals surface area contributed by atoms with Crippen molar-refractivity contribution in [2.24, 2.45) is 0 Å². The van der Waals surface area contributed by atoms with Gasteiger partial charge in [0.2, 0.25) is 0 Å². The first-order chi connectivity index (χ1) is 6.50. The highest BCUT2D eigenvalue weighted by atomic mass is 79.9. The van der Waals surface area contributed by atoms with Crippen LogP contribution in [0.15, 0.2) is 16.7 Å². The Morgan fingerprint density at radius 1 is 1.64 bits per heavy atom. The van der Waals surface area contributed by atoms with Crippen LogP contribution in [0.3, 0.4) is 0 Å². The smallest absolute Gasteiger partial charge is 0.131 e. The van der Waals surface area contributed by atoms with Gasteiger partial charge in [0.15, 0.2) is 0 Å². The maximum Gasteiger partial charge on any atom is 0.131 e. The molecule has 1 aromatic rings. The summed E-state index contributed by atoms with van der Waals surface area (Å²) < 4.78 is 1.01. The number of rotatable bonds is 3. The van der Waals surface area contributed by atoms with E-state index < -0.39 is 0 Å². The largest absolute Gasteiger partial charge is 0.358 e. The number of hydrogen-bond donors (Lipinski definition) is 0. The summed E-state index contributed by atoms with van der Waals surface area (Å²) in [6.07, 6.45) is 1.80. The quantitative estimate of drug-likeness (QED) is 0.789. The molecule has 1 unspecified atom stereocenters. The molecule has 1 atom stereocenters. The van der Waals surface area contributed by atoms with Crippen LogP contribution in [0.4, 0.5) is 5.82 Å². The summed E-state index contributed by atoms with van der Waals surface area (Å²) in [7, 11) is 2.00. The summed E-state index contributed by atoms with van der Waals surface area (Å²) in [4.78, 5) is 6.42. The molecule has 2 nitrogen and oxygen atoms in total. The second kappa shape index (κ2) is 4.99. The van der Waals surface area contributed by atoms with E-state index in [2.05, 4.69) is 31.9 Å². The van der Waals surface area contributed by atoms with E-state index in [0.29, 0.717) is 0 Å². The second-order valence-corrected chi connectivity index (χ2v) is 5.12. The van der Waals surface area contributed by atoms with Crippen molar-refractivity contribution in [3.05, 3.63) is 22.3 Å². The maximum absolute atomic E-state index is 5.93. The summed E-state index contributed by atoms with van der Waals surface area (Å²) >= 11 is 9.32. The number of pyridine rings is 1. The number of anilines is 1. The molecule has 0 aromatic carbocycles. The monoisotopic (exact) mass is 276 g/mol. The van der Waals surface area contributed by atoms with E-state index in [-0.39, 0.29) is 5.38 Å². The Hall–Kier alpha value is -0.280. The fraction of sp³-hybridized carbons (Fsp3) is 0.500. The van der Waals surface area contributed by atoms with Gasteiger partial charge in [-0.2, -0.15) is 0 Å². The summed E-state index contributed by atoms with van der Waals surface area (Å²) in [6, 6.07) is 2.05. The van der Waals surface area contributed by atoms with Gasteiger partial charge < -0.3 is 4.90 Å². The summed E-state index contributed by atoms with van der Waals surface area (Å²) in [5, 5.41) is 0.129. The number of hydrogen-bond acceptors (Lipinski definition) is 2. The van der Waals surface area contributed by atoms with E-state index in [9.17, 15) is 0 Å². The van der Waals surface area contributed by atoms with Crippen molar-refractivity contribution in [1.29, 1.82) is 0 Å². The van der Waals surface area contributed by atoms with Crippen LogP contribution in [0.25, 0.3) is 0 Å². The molecule has 1 aromatic heterocycles. The minimum atomic E-state index is 0.129. The van der Waals surface area contributed by atoms with Crippen molar-refractivity contribution >= 4 is 33.3 Å². The Balaban J connectivity index is 2.84. The van der Waals surface area contributed by atoms with E-state index in [1.165, 1.54) is 0 Å². The lowest BCUT2D eigenvalue weighted by atomic mass is 10.2. The van der Waals surface area contributed by atoms with Gasteiger partial charge in [-0.25, -0.2) is 4.98 Å². The molecule has 0 aliphatic carbocycles. The predicted octanol–water partition coefficient (Wildman–Crippen LogP) is 3.22. The molecule has 4 heteroatoms. The van der Waals surface area contributed by atoms with E-state index in [0.717, 1.165) is 22.4 Å². The highest BCUT2D eigenvalue weighted by Gasteiger charge is 2.08. The zero-order valence-corrected chi connectivity index (χ0v) is 10.9. The van der Waals surface area contributed by atoms with E-state index >= 15 is 0 Å². The SMILES string of the molecule is Cc1cc(Br)cnc1N(C)CC(C)Cl. The number of aryl methyl sites for hydroxylation is 1. The molecule has 0 radical (unpaired) electrons. The van der Waals surface area contributed by atoms with Gasteiger partial charge in [-0.15, -0.1) is 11.6 Å². The molecule has 78 valence electrons. The molecular formula is C10H14BrClN2. The van der Waals surface area contributed by atoms with E-state index in [1.807, 2.05) is 20.9 Å². The van der Waals surface area contributed by atoms with Gasteiger partial charge >= 0.3 is 0 Å². The van der Waals surface area contributed by atoms with Gasteiger partial charge in [-0.05, 0) is 41.4 Å². The Labute approximate surface area is 98.4 Å². The number of aromatic nitrogens is 1. The Bertz CT molecular complexity index is 315. The lowest BCUT2D eigenvalue weighted by Crippen LogP contribution is -2.25. The molecule has 0 saturated carbocycles. The Morgan fingerprint density at radius 2 is 2.29 bits per heavy atom. The summed E-state index contributed by atoms with van der Waals surface area (Å²) in [6.45, 7) is 4.83. The minimum Gasteiger partial charge on any atom is -0.358 e. The second-order valence-electron chi connectivity index (χ2n) is 3.46. The third kappa shape index (κ3) is 3.14. The molecule has 0 aliphatic heterocycles. The molecule has 0 spiro atoms. The van der Waals surface area contributed by atoms with Crippen molar-refractivity contribution in [3.63, 3.8) is 0 Å². The van der Waals surface area contributed by atoms with Gasteiger partial charge in [-0.1, -0.05) is 0 Å². The number of alkyl halides is 1. The molecule has 0 saturated heterocycles. The molecular weight excluding hydrogens is 263 g/mol. The van der Waals surface area contributed by atoms with E-state index in [1.54, 1.807) is 6.20 Å². The van der Waals surface area contributed by atoms with Crippen LogP contribution in [0.5, 0.6) is 0 Å². The highest BCUT2D eigenvalue weighted by molar-refractivity contribution is 9.10. The van der Waals surface area contributed by atoms with Crippen molar-refractivity contribution in [2.75, 3.05) is 18.5 Å². The molecule has 14 heavy (non-hydrogen) atoms. The molecule has 0 N–H and O–H groups in total. The Morgan fingerprint density at radius 3 is 2.79 bits per heavy atom. The third-order valence-corrected chi connectivity index (χ3v) is 2.48.